The van der Waals surface area contributed by atoms with E-state index >= 15 is 0 Å². The van der Waals surface area contributed by atoms with Gasteiger partial charge in [0, 0.05) is 24.5 Å². The fourth-order valence-corrected chi connectivity index (χ4v) is 4.37. The van der Waals surface area contributed by atoms with Crippen LogP contribution in [0.5, 0.6) is 11.6 Å². The molecule has 1 N–H and O–H groups in total. The normalized spacial score (nSPS) is 21.5. The third-order valence-corrected chi connectivity index (χ3v) is 6.44. The van der Waals surface area contributed by atoms with Crippen molar-refractivity contribution in [2.75, 3.05) is 50.2 Å². The number of aromatic nitrogens is 2. The first kappa shape index (κ1) is 21.7. The maximum Gasteiger partial charge on any atom is 0.262 e. The van der Waals surface area contributed by atoms with Gasteiger partial charge in [0.1, 0.15) is 0 Å². The molecule has 1 aromatic heterocycles. The number of ether oxygens (including phenoxy) is 3. The first-order valence-electron chi connectivity index (χ1n) is 11.5. The topological polar surface area (TPSA) is 68.7 Å². The van der Waals surface area contributed by atoms with Crippen LogP contribution in [0.25, 0.3) is 0 Å². The van der Waals surface area contributed by atoms with Gasteiger partial charge in [0.15, 0.2) is 5.75 Å². The van der Waals surface area contributed by atoms with Crippen molar-refractivity contribution in [2.45, 2.75) is 39.0 Å². The van der Waals surface area contributed by atoms with Gasteiger partial charge in [-0.15, -0.1) is 0 Å². The van der Waals surface area contributed by atoms with Crippen LogP contribution in [0.1, 0.15) is 39.0 Å². The highest BCUT2D eigenvalue weighted by Gasteiger charge is 2.21. The van der Waals surface area contributed by atoms with Gasteiger partial charge < -0.3 is 24.4 Å². The van der Waals surface area contributed by atoms with Crippen molar-refractivity contribution in [3.8, 4) is 11.6 Å². The Labute approximate surface area is 185 Å². The van der Waals surface area contributed by atoms with Crippen molar-refractivity contribution in [1.82, 2.24) is 9.97 Å². The van der Waals surface area contributed by atoms with Crippen LogP contribution in [0, 0.1) is 11.8 Å². The monoisotopic (exact) mass is 426 g/mol. The Morgan fingerprint density at radius 3 is 2.45 bits per heavy atom. The van der Waals surface area contributed by atoms with Gasteiger partial charge in [-0.05, 0) is 48.9 Å². The summed E-state index contributed by atoms with van der Waals surface area (Å²) in [5.74, 6) is 3.05. The van der Waals surface area contributed by atoms with Crippen molar-refractivity contribution in [3.05, 3.63) is 30.5 Å². The predicted molar refractivity (Wildman–Crippen MR) is 123 cm³/mol. The van der Waals surface area contributed by atoms with Crippen molar-refractivity contribution < 1.29 is 14.2 Å². The number of morpholine rings is 1. The molecule has 7 heteroatoms. The van der Waals surface area contributed by atoms with Crippen LogP contribution in [0.2, 0.25) is 0 Å². The molecular weight excluding hydrogens is 392 g/mol. The quantitative estimate of drug-likeness (QED) is 0.658. The zero-order valence-corrected chi connectivity index (χ0v) is 18.7. The maximum atomic E-state index is 6.08. The van der Waals surface area contributed by atoms with Gasteiger partial charge in [0.05, 0.1) is 33.1 Å². The zero-order chi connectivity index (χ0) is 21.5. The molecule has 168 valence electrons. The highest BCUT2D eigenvalue weighted by atomic mass is 16.5. The lowest BCUT2D eigenvalue weighted by molar-refractivity contribution is 0.122. The Kier molecular flexibility index (Phi) is 7.46. The van der Waals surface area contributed by atoms with Crippen LogP contribution in [0.4, 0.5) is 17.3 Å². The van der Waals surface area contributed by atoms with Crippen LogP contribution >= 0.6 is 0 Å². The van der Waals surface area contributed by atoms with Crippen molar-refractivity contribution in [2.24, 2.45) is 11.8 Å². The molecule has 0 radical (unpaired) electrons. The molecule has 0 amide bonds. The van der Waals surface area contributed by atoms with Crippen LogP contribution in [0.15, 0.2) is 30.5 Å². The molecule has 1 saturated carbocycles. The Morgan fingerprint density at radius 2 is 1.77 bits per heavy atom. The summed E-state index contributed by atoms with van der Waals surface area (Å²) in [6.45, 7) is 6.38. The summed E-state index contributed by atoms with van der Waals surface area (Å²) in [4.78, 5) is 11.3. The molecular formula is C24H34N4O3. The number of nitrogens with zero attached hydrogens (tertiary/aromatic N) is 3. The van der Waals surface area contributed by atoms with Gasteiger partial charge in [-0.25, -0.2) is 4.98 Å². The highest BCUT2D eigenvalue weighted by Crippen LogP contribution is 2.32. The predicted octanol–water partition coefficient (Wildman–Crippen LogP) is 4.66. The van der Waals surface area contributed by atoms with E-state index in [0.717, 1.165) is 37.9 Å². The van der Waals surface area contributed by atoms with Gasteiger partial charge in [0.2, 0.25) is 5.95 Å². The zero-order valence-electron chi connectivity index (χ0n) is 18.7. The maximum absolute atomic E-state index is 6.08. The molecule has 1 saturated heterocycles. The van der Waals surface area contributed by atoms with Crippen LogP contribution in [-0.2, 0) is 4.74 Å². The molecule has 0 atom stereocenters. The van der Waals surface area contributed by atoms with E-state index in [-0.39, 0.29) is 0 Å². The van der Waals surface area contributed by atoms with Crippen molar-refractivity contribution in [1.29, 1.82) is 0 Å². The molecule has 1 aliphatic carbocycles. The summed E-state index contributed by atoms with van der Waals surface area (Å²) in [6, 6.07) is 8.32. The fourth-order valence-electron chi connectivity index (χ4n) is 4.37. The average Bonchev–Trinajstić information content (AvgIpc) is 2.84. The molecule has 2 heterocycles. The summed E-state index contributed by atoms with van der Waals surface area (Å²) < 4.78 is 16.9. The number of methoxy groups -OCH3 is 1. The van der Waals surface area contributed by atoms with E-state index in [1.165, 1.54) is 37.8 Å². The molecule has 1 aliphatic heterocycles. The highest BCUT2D eigenvalue weighted by molar-refractivity contribution is 5.60. The second-order valence-corrected chi connectivity index (χ2v) is 8.44. The summed E-state index contributed by atoms with van der Waals surface area (Å²) in [5, 5.41) is 3.28. The lowest BCUT2D eigenvalue weighted by atomic mass is 9.81. The summed E-state index contributed by atoms with van der Waals surface area (Å²) >= 11 is 0. The number of benzene rings is 1. The molecule has 2 fully saturated rings. The molecule has 2 aromatic rings. The smallest absolute Gasteiger partial charge is 0.262 e. The van der Waals surface area contributed by atoms with E-state index in [9.17, 15) is 0 Å². The Hall–Kier alpha value is -2.54. The van der Waals surface area contributed by atoms with E-state index in [4.69, 9.17) is 14.2 Å². The standard InChI is InChI=1S/C24H34N4O3/c1-3-18-4-6-19(7-5-18)17-31-23-22(29-2)16-25-24(27-23)26-20-8-10-21(11-9-20)28-12-14-30-15-13-28/h8-11,16,18-19H,3-7,12-15,17H2,1-2H3,(H,25,26,27). The van der Waals surface area contributed by atoms with E-state index in [1.807, 2.05) is 12.1 Å². The molecule has 4 rings (SSSR count). The molecule has 7 nitrogen and oxygen atoms in total. The molecule has 1 aromatic carbocycles. The lowest BCUT2D eigenvalue weighted by Crippen LogP contribution is -2.36. The third-order valence-electron chi connectivity index (χ3n) is 6.44. The second-order valence-electron chi connectivity index (χ2n) is 8.44. The van der Waals surface area contributed by atoms with Crippen LogP contribution in [-0.4, -0.2) is 50.0 Å². The SMILES string of the molecule is CCC1CCC(COc2nc(Nc3ccc(N4CCOCC4)cc3)ncc2OC)CC1. The average molecular weight is 427 g/mol. The van der Waals surface area contributed by atoms with Gasteiger partial charge in [-0.1, -0.05) is 26.2 Å². The minimum Gasteiger partial charge on any atom is -0.490 e. The number of nitrogens with one attached hydrogen (secondary N) is 1. The molecule has 0 unspecified atom stereocenters. The first-order chi connectivity index (χ1) is 15.2. The van der Waals surface area contributed by atoms with E-state index < -0.39 is 0 Å². The van der Waals surface area contributed by atoms with Gasteiger partial charge in [-0.3, -0.25) is 0 Å². The Bertz CT molecular complexity index is 816. The number of hydrogen-bond acceptors (Lipinski definition) is 7. The van der Waals surface area contributed by atoms with Crippen LogP contribution < -0.4 is 19.7 Å². The van der Waals surface area contributed by atoms with Crippen molar-refractivity contribution >= 4 is 17.3 Å². The second kappa shape index (κ2) is 10.7. The minimum atomic E-state index is 0.502. The number of rotatable bonds is 8. The van der Waals surface area contributed by atoms with Crippen molar-refractivity contribution in [3.63, 3.8) is 0 Å². The number of hydrogen-bond donors (Lipinski definition) is 1. The van der Waals surface area contributed by atoms with E-state index in [0.29, 0.717) is 30.1 Å². The minimum absolute atomic E-state index is 0.502. The van der Waals surface area contributed by atoms with Gasteiger partial charge in [-0.2, -0.15) is 4.98 Å². The summed E-state index contributed by atoms with van der Waals surface area (Å²) in [6.07, 6.45) is 8.02. The molecule has 0 spiro atoms. The number of anilines is 3. The first-order valence-corrected chi connectivity index (χ1v) is 11.5. The van der Waals surface area contributed by atoms with Gasteiger partial charge in [0.25, 0.3) is 5.88 Å². The van der Waals surface area contributed by atoms with E-state index in [2.05, 4.69) is 39.2 Å². The fraction of sp³-hybridized carbons (Fsp3) is 0.583. The molecule has 31 heavy (non-hydrogen) atoms. The Balaban J connectivity index is 1.36. The lowest BCUT2D eigenvalue weighted by Gasteiger charge is -2.28. The molecule has 0 bridgehead atoms. The molecule has 2 aliphatic rings. The van der Waals surface area contributed by atoms with E-state index in [1.54, 1.807) is 13.3 Å². The third kappa shape index (κ3) is 5.79. The summed E-state index contributed by atoms with van der Waals surface area (Å²) in [5.41, 5.74) is 2.14. The van der Waals surface area contributed by atoms with Crippen LogP contribution in [0.3, 0.4) is 0 Å². The summed E-state index contributed by atoms with van der Waals surface area (Å²) in [7, 11) is 1.62. The largest absolute Gasteiger partial charge is 0.490 e. The van der Waals surface area contributed by atoms with Gasteiger partial charge >= 0.3 is 0 Å². The Morgan fingerprint density at radius 1 is 1.06 bits per heavy atom.